The van der Waals surface area contributed by atoms with E-state index in [-0.39, 0.29) is 5.91 Å². The second-order valence-electron chi connectivity index (χ2n) is 6.95. The number of aromatic nitrogens is 2. The number of ether oxygens (including phenoxy) is 2. The van der Waals surface area contributed by atoms with Crippen LogP contribution in [-0.4, -0.2) is 41.9 Å². The summed E-state index contributed by atoms with van der Waals surface area (Å²) in [6, 6.07) is 20.5. The molecule has 0 N–H and O–H groups in total. The summed E-state index contributed by atoms with van der Waals surface area (Å²) in [5, 5.41) is 4.63. The van der Waals surface area contributed by atoms with Crippen molar-refractivity contribution >= 4 is 5.91 Å². The van der Waals surface area contributed by atoms with Gasteiger partial charge in [0.05, 0.1) is 26.2 Å². The third kappa shape index (κ3) is 4.02. The third-order valence-corrected chi connectivity index (χ3v) is 4.94. The molecule has 31 heavy (non-hydrogen) atoms. The monoisotopic (exact) mass is 417 g/mol. The van der Waals surface area contributed by atoms with E-state index < -0.39 is 0 Å². The molecule has 0 aliphatic carbocycles. The van der Waals surface area contributed by atoms with Gasteiger partial charge in [-0.3, -0.25) is 4.79 Å². The zero-order valence-electron chi connectivity index (χ0n) is 17.6. The van der Waals surface area contributed by atoms with Gasteiger partial charge in [-0.05, 0) is 30.3 Å². The maximum absolute atomic E-state index is 13.4. The Labute approximate surface area is 180 Å². The van der Waals surface area contributed by atoms with Gasteiger partial charge in [-0.25, -0.2) is 4.68 Å². The quantitative estimate of drug-likeness (QED) is 0.445. The van der Waals surface area contributed by atoms with Crippen molar-refractivity contribution in [3.8, 4) is 28.6 Å². The molecule has 0 fully saturated rings. The fourth-order valence-corrected chi connectivity index (χ4v) is 3.45. The van der Waals surface area contributed by atoms with Crippen LogP contribution in [0.15, 0.2) is 77.4 Å². The van der Waals surface area contributed by atoms with E-state index in [1.165, 1.54) is 0 Å². The lowest BCUT2D eigenvalue weighted by molar-refractivity contribution is 0.0775. The normalized spacial score (nSPS) is 10.7. The Hall–Kier alpha value is -4.00. The van der Waals surface area contributed by atoms with Crippen LogP contribution in [0.1, 0.15) is 16.1 Å². The van der Waals surface area contributed by atoms with E-state index in [0.29, 0.717) is 35.2 Å². The number of rotatable bonds is 7. The fourth-order valence-electron chi connectivity index (χ4n) is 3.45. The Morgan fingerprint density at radius 1 is 1.03 bits per heavy atom. The van der Waals surface area contributed by atoms with Crippen molar-refractivity contribution in [2.45, 2.75) is 6.54 Å². The van der Waals surface area contributed by atoms with E-state index in [9.17, 15) is 4.79 Å². The Bertz CT molecular complexity index is 1170. The van der Waals surface area contributed by atoms with Gasteiger partial charge in [0.1, 0.15) is 11.4 Å². The molecule has 0 radical (unpaired) electrons. The van der Waals surface area contributed by atoms with Gasteiger partial charge in [-0.2, -0.15) is 5.10 Å². The summed E-state index contributed by atoms with van der Waals surface area (Å²) in [4.78, 5) is 15.1. The largest absolute Gasteiger partial charge is 0.493 e. The molecule has 0 aliphatic rings. The van der Waals surface area contributed by atoms with Crippen molar-refractivity contribution in [2.75, 3.05) is 21.3 Å². The minimum absolute atomic E-state index is 0.181. The molecule has 7 nitrogen and oxygen atoms in total. The molecule has 2 aromatic carbocycles. The van der Waals surface area contributed by atoms with Crippen LogP contribution < -0.4 is 9.47 Å². The molecule has 2 heterocycles. The van der Waals surface area contributed by atoms with Crippen molar-refractivity contribution in [3.05, 3.63) is 84.3 Å². The Morgan fingerprint density at radius 3 is 2.52 bits per heavy atom. The van der Waals surface area contributed by atoms with Crippen LogP contribution >= 0.6 is 0 Å². The van der Waals surface area contributed by atoms with Crippen LogP contribution in [0.25, 0.3) is 17.1 Å². The molecule has 0 saturated heterocycles. The topological polar surface area (TPSA) is 69.7 Å². The lowest BCUT2D eigenvalue weighted by Gasteiger charge is -2.20. The molecule has 158 valence electrons. The van der Waals surface area contributed by atoms with Crippen molar-refractivity contribution in [1.29, 1.82) is 0 Å². The minimum Gasteiger partial charge on any atom is -0.493 e. The smallest absolute Gasteiger partial charge is 0.272 e. The molecular formula is C24H23N3O4. The number of hydrogen-bond donors (Lipinski definition) is 0. The predicted octanol–water partition coefficient (Wildman–Crippen LogP) is 4.42. The molecule has 0 aliphatic heterocycles. The van der Waals surface area contributed by atoms with E-state index in [4.69, 9.17) is 13.9 Å². The lowest BCUT2D eigenvalue weighted by atomic mass is 10.1. The number of methoxy groups -OCH3 is 2. The highest BCUT2D eigenvalue weighted by molar-refractivity contribution is 5.94. The van der Waals surface area contributed by atoms with Gasteiger partial charge < -0.3 is 18.8 Å². The van der Waals surface area contributed by atoms with Gasteiger partial charge in [-0.1, -0.05) is 30.3 Å². The SMILES string of the molecule is COc1cccc(CN(C)C(=O)c2cc(-c3ccco3)nn2-c2ccccc2)c1OC. The minimum atomic E-state index is -0.181. The first-order valence-electron chi connectivity index (χ1n) is 9.77. The predicted molar refractivity (Wildman–Crippen MR) is 117 cm³/mol. The van der Waals surface area contributed by atoms with Crippen LogP contribution in [0.4, 0.5) is 0 Å². The average Bonchev–Trinajstić information content (AvgIpc) is 3.49. The maximum atomic E-state index is 13.4. The first-order valence-corrected chi connectivity index (χ1v) is 9.77. The van der Waals surface area contributed by atoms with Crippen LogP contribution in [-0.2, 0) is 6.54 Å². The number of para-hydroxylation sites is 2. The average molecular weight is 417 g/mol. The van der Waals surface area contributed by atoms with Crippen molar-refractivity contribution in [1.82, 2.24) is 14.7 Å². The van der Waals surface area contributed by atoms with E-state index in [1.807, 2.05) is 54.6 Å². The number of hydrogen-bond acceptors (Lipinski definition) is 5. The van der Waals surface area contributed by atoms with Gasteiger partial charge >= 0.3 is 0 Å². The van der Waals surface area contributed by atoms with Crippen LogP contribution in [0, 0.1) is 0 Å². The van der Waals surface area contributed by atoms with Gasteiger partial charge in [-0.15, -0.1) is 0 Å². The van der Waals surface area contributed by atoms with E-state index in [0.717, 1.165) is 11.3 Å². The molecule has 4 rings (SSSR count). The number of carbonyl (C=O) groups is 1. The molecule has 1 amide bonds. The first kappa shape index (κ1) is 20.3. The number of amides is 1. The summed E-state index contributed by atoms with van der Waals surface area (Å²) in [6.45, 7) is 0.343. The zero-order chi connectivity index (χ0) is 21.8. The molecule has 0 atom stereocenters. The van der Waals surface area contributed by atoms with Crippen molar-refractivity contribution < 1.29 is 18.7 Å². The lowest BCUT2D eigenvalue weighted by Crippen LogP contribution is -2.28. The summed E-state index contributed by atoms with van der Waals surface area (Å²) < 4.78 is 18.0. The number of carbonyl (C=O) groups excluding carboxylic acids is 1. The summed E-state index contributed by atoms with van der Waals surface area (Å²) in [5.74, 6) is 1.65. The Kier molecular flexibility index (Phi) is 5.75. The van der Waals surface area contributed by atoms with Crippen LogP contribution in [0.5, 0.6) is 11.5 Å². The molecule has 7 heteroatoms. The second-order valence-corrected chi connectivity index (χ2v) is 6.95. The molecule has 0 spiro atoms. The number of nitrogens with zero attached hydrogens (tertiary/aromatic N) is 3. The Balaban J connectivity index is 1.69. The van der Waals surface area contributed by atoms with E-state index in [2.05, 4.69) is 5.10 Å². The highest BCUT2D eigenvalue weighted by Gasteiger charge is 2.23. The van der Waals surface area contributed by atoms with Gasteiger partial charge in [0, 0.05) is 25.2 Å². The van der Waals surface area contributed by atoms with Gasteiger partial charge in [0.25, 0.3) is 5.91 Å². The van der Waals surface area contributed by atoms with E-state index >= 15 is 0 Å². The van der Waals surface area contributed by atoms with Gasteiger partial charge in [0.15, 0.2) is 17.3 Å². The number of benzene rings is 2. The fraction of sp³-hybridized carbons (Fsp3) is 0.167. The molecular weight excluding hydrogens is 394 g/mol. The van der Waals surface area contributed by atoms with Crippen molar-refractivity contribution in [2.24, 2.45) is 0 Å². The van der Waals surface area contributed by atoms with Crippen molar-refractivity contribution in [3.63, 3.8) is 0 Å². The maximum Gasteiger partial charge on any atom is 0.272 e. The highest BCUT2D eigenvalue weighted by atomic mass is 16.5. The van der Waals surface area contributed by atoms with E-state index in [1.54, 1.807) is 49.2 Å². The molecule has 4 aromatic rings. The van der Waals surface area contributed by atoms with Crippen LogP contribution in [0.3, 0.4) is 0 Å². The summed E-state index contributed by atoms with van der Waals surface area (Å²) in [7, 11) is 4.92. The summed E-state index contributed by atoms with van der Waals surface area (Å²) in [6.07, 6.45) is 1.58. The summed E-state index contributed by atoms with van der Waals surface area (Å²) in [5.41, 5.74) is 2.65. The van der Waals surface area contributed by atoms with Crippen LogP contribution in [0.2, 0.25) is 0 Å². The summed E-state index contributed by atoms with van der Waals surface area (Å²) >= 11 is 0. The Morgan fingerprint density at radius 2 is 1.84 bits per heavy atom. The first-order chi connectivity index (χ1) is 15.1. The molecule has 2 aromatic heterocycles. The van der Waals surface area contributed by atoms with Gasteiger partial charge in [0.2, 0.25) is 0 Å². The highest BCUT2D eigenvalue weighted by Crippen LogP contribution is 2.32. The number of furan rings is 1. The third-order valence-electron chi connectivity index (χ3n) is 4.94. The molecule has 0 unspecified atom stereocenters. The second kappa shape index (κ2) is 8.79. The molecule has 0 saturated carbocycles. The zero-order valence-corrected chi connectivity index (χ0v) is 17.6. The standard InChI is InChI=1S/C24H23N3O4/c1-26(16-17-9-7-12-22(29-2)23(17)30-3)24(28)20-15-19(21-13-8-14-31-21)25-27(20)18-10-5-4-6-11-18/h4-15H,16H2,1-3H3. The molecule has 0 bridgehead atoms.